The van der Waals surface area contributed by atoms with Crippen LogP contribution in [-0.4, -0.2) is 26.4 Å². The quantitative estimate of drug-likeness (QED) is 0.789. The summed E-state index contributed by atoms with van der Waals surface area (Å²) >= 11 is 0. The average Bonchev–Trinajstić information content (AvgIpc) is 2.85. The molecule has 3 nitrogen and oxygen atoms in total. The zero-order valence-electron chi connectivity index (χ0n) is 12.9. The Morgan fingerprint density at radius 1 is 1.40 bits per heavy atom. The third kappa shape index (κ3) is 3.97. The van der Waals surface area contributed by atoms with Crippen molar-refractivity contribution in [3.8, 4) is 5.75 Å². The van der Waals surface area contributed by atoms with E-state index < -0.39 is 0 Å². The lowest BCUT2D eigenvalue weighted by Crippen LogP contribution is -2.19. The number of methoxy groups -OCH3 is 1. The van der Waals surface area contributed by atoms with Crippen LogP contribution < -0.4 is 10.1 Å². The Bertz CT molecular complexity index is 419. The summed E-state index contributed by atoms with van der Waals surface area (Å²) in [7, 11) is 1.73. The highest BCUT2D eigenvalue weighted by Crippen LogP contribution is 2.33. The topological polar surface area (TPSA) is 30.5 Å². The summed E-state index contributed by atoms with van der Waals surface area (Å²) in [6, 6.07) is 7.08. The monoisotopic (exact) mass is 277 g/mol. The molecule has 0 heterocycles. The summed E-state index contributed by atoms with van der Waals surface area (Å²) in [6.07, 6.45) is 4.67. The molecule has 0 bridgehead atoms. The van der Waals surface area contributed by atoms with Gasteiger partial charge in [0.1, 0.15) is 5.75 Å². The molecule has 1 aromatic carbocycles. The van der Waals surface area contributed by atoms with Crippen LogP contribution in [0.3, 0.4) is 0 Å². The van der Waals surface area contributed by atoms with Crippen LogP contribution in [0.15, 0.2) is 18.2 Å². The molecule has 0 aromatic heterocycles. The second kappa shape index (κ2) is 7.65. The summed E-state index contributed by atoms with van der Waals surface area (Å²) < 4.78 is 11.0. The minimum atomic E-state index is 0.198. The van der Waals surface area contributed by atoms with Gasteiger partial charge in [-0.25, -0.2) is 0 Å². The van der Waals surface area contributed by atoms with E-state index in [0.29, 0.717) is 6.04 Å². The number of aryl methyl sites for hydroxylation is 1. The molecule has 1 aromatic rings. The van der Waals surface area contributed by atoms with Crippen molar-refractivity contribution in [3.63, 3.8) is 0 Å². The lowest BCUT2D eigenvalue weighted by Gasteiger charge is -2.16. The van der Waals surface area contributed by atoms with Gasteiger partial charge in [0.15, 0.2) is 0 Å². The summed E-state index contributed by atoms with van der Waals surface area (Å²) in [5.74, 6) is 0.989. The fourth-order valence-corrected chi connectivity index (χ4v) is 2.77. The largest absolute Gasteiger partial charge is 0.491 e. The van der Waals surface area contributed by atoms with Gasteiger partial charge in [0.25, 0.3) is 0 Å². The molecule has 2 rings (SSSR count). The zero-order valence-corrected chi connectivity index (χ0v) is 12.9. The normalized spacial score (nSPS) is 18.9. The maximum atomic E-state index is 5.96. The van der Waals surface area contributed by atoms with Crippen molar-refractivity contribution in [2.45, 2.75) is 51.7 Å². The molecule has 0 spiro atoms. The Kier molecular flexibility index (Phi) is 5.86. The zero-order chi connectivity index (χ0) is 14.4. The van der Waals surface area contributed by atoms with Crippen LogP contribution >= 0.6 is 0 Å². The van der Waals surface area contributed by atoms with E-state index in [1.807, 2.05) is 0 Å². The fourth-order valence-electron chi connectivity index (χ4n) is 2.77. The molecule has 1 N–H and O–H groups in total. The first kappa shape index (κ1) is 15.3. The number of rotatable bonds is 8. The minimum absolute atomic E-state index is 0.198. The SMILES string of the molecule is CCCNC1CCc2cc(OC(C)CCOC)ccc21. The van der Waals surface area contributed by atoms with E-state index in [1.165, 1.54) is 24.0 Å². The maximum Gasteiger partial charge on any atom is 0.119 e. The Hall–Kier alpha value is -1.06. The molecule has 0 fully saturated rings. The first-order valence-corrected chi connectivity index (χ1v) is 7.76. The number of benzene rings is 1. The van der Waals surface area contributed by atoms with E-state index in [2.05, 4.69) is 37.4 Å². The molecule has 1 aliphatic carbocycles. The van der Waals surface area contributed by atoms with Gasteiger partial charge < -0.3 is 14.8 Å². The number of nitrogens with one attached hydrogen (secondary N) is 1. The van der Waals surface area contributed by atoms with Crippen molar-refractivity contribution < 1.29 is 9.47 Å². The lowest BCUT2D eigenvalue weighted by molar-refractivity contribution is 0.135. The van der Waals surface area contributed by atoms with Gasteiger partial charge in [-0.2, -0.15) is 0 Å². The minimum Gasteiger partial charge on any atom is -0.491 e. The molecule has 1 aliphatic rings. The fraction of sp³-hybridized carbons (Fsp3) is 0.647. The molecule has 20 heavy (non-hydrogen) atoms. The molecular weight excluding hydrogens is 250 g/mol. The van der Waals surface area contributed by atoms with Gasteiger partial charge in [-0.15, -0.1) is 0 Å². The first-order valence-electron chi connectivity index (χ1n) is 7.76. The maximum absolute atomic E-state index is 5.96. The standard InChI is InChI=1S/C17H27NO2/c1-4-10-18-17-8-5-14-12-15(6-7-16(14)17)20-13(2)9-11-19-3/h6-7,12-13,17-18H,4-5,8-11H2,1-3H3. The lowest BCUT2D eigenvalue weighted by atomic mass is 10.1. The van der Waals surface area contributed by atoms with Crippen LogP contribution in [0.1, 0.15) is 50.3 Å². The van der Waals surface area contributed by atoms with Gasteiger partial charge in [0.2, 0.25) is 0 Å². The van der Waals surface area contributed by atoms with Crippen molar-refractivity contribution in [1.29, 1.82) is 0 Å². The van der Waals surface area contributed by atoms with E-state index in [4.69, 9.17) is 9.47 Å². The van der Waals surface area contributed by atoms with E-state index in [9.17, 15) is 0 Å². The third-order valence-corrected chi connectivity index (χ3v) is 3.90. The third-order valence-electron chi connectivity index (χ3n) is 3.90. The van der Waals surface area contributed by atoms with Crippen LogP contribution in [0.2, 0.25) is 0 Å². The van der Waals surface area contributed by atoms with Crippen molar-refractivity contribution >= 4 is 0 Å². The van der Waals surface area contributed by atoms with E-state index >= 15 is 0 Å². The van der Waals surface area contributed by atoms with Crippen LogP contribution in [0, 0.1) is 0 Å². The number of hydrogen-bond donors (Lipinski definition) is 1. The van der Waals surface area contributed by atoms with Crippen LogP contribution in [0.5, 0.6) is 5.75 Å². The summed E-state index contributed by atoms with van der Waals surface area (Å²) in [5, 5.41) is 3.62. The first-order chi connectivity index (χ1) is 9.74. The van der Waals surface area contributed by atoms with Gasteiger partial charge >= 0.3 is 0 Å². The molecule has 2 unspecified atom stereocenters. The van der Waals surface area contributed by atoms with Crippen LogP contribution in [-0.2, 0) is 11.2 Å². The Morgan fingerprint density at radius 3 is 3.00 bits per heavy atom. The van der Waals surface area contributed by atoms with Crippen molar-refractivity contribution in [2.75, 3.05) is 20.3 Å². The Labute approximate surface area is 122 Å². The molecule has 2 atom stereocenters. The van der Waals surface area contributed by atoms with Gasteiger partial charge in [-0.1, -0.05) is 13.0 Å². The molecule has 0 saturated heterocycles. The van der Waals surface area contributed by atoms with Crippen LogP contribution in [0.4, 0.5) is 0 Å². The van der Waals surface area contributed by atoms with E-state index in [1.54, 1.807) is 7.11 Å². The van der Waals surface area contributed by atoms with E-state index in [-0.39, 0.29) is 6.10 Å². The van der Waals surface area contributed by atoms with Gasteiger partial charge in [-0.3, -0.25) is 0 Å². The Balaban J connectivity index is 1.95. The van der Waals surface area contributed by atoms with Crippen LogP contribution in [0.25, 0.3) is 0 Å². The molecule has 0 amide bonds. The Morgan fingerprint density at radius 2 is 2.25 bits per heavy atom. The molecule has 0 saturated carbocycles. The molecular formula is C17H27NO2. The van der Waals surface area contributed by atoms with Gasteiger partial charge in [0, 0.05) is 26.2 Å². The number of ether oxygens (including phenoxy) is 2. The van der Waals surface area contributed by atoms with Crippen molar-refractivity contribution in [3.05, 3.63) is 29.3 Å². The average molecular weight is 277 g/mol. The summed E-state index contributed by atoms with van der Waals surface area (Å²) in [6.45, 7) is 6.14. The smallest absolute Gasteiger partial charge is 0.119 e. The highest BCUT2D eigenvalue weighted by molar-refractivity contribution is 5.40. The predicted octanol–water partition coefficient (Wildman–Crippen LogP) is 3.48. The van der Waals surface area contributed by atoms with Gasteiger partial charge in [0.05, 0.1) is 6.10 Å². The van der Waals surface area contributed by atoms with Crippen molar-refractivity contribution in [2.24, 2.45) is 0 Å². The molecule has 0 aliphatic heterocycles. The molecule has 112 valence electrons. The predicted molar refractivity (Wildman–Crippen MR) is 82.4 cm³/mol. The molecule has 0 radical (unpaired) electrons. The van der Waals surface area contributed by atoms with Gasteiger partial charge in [-0.05, 0) is 56.0 Å². The molecule has 3 heteroatoms. The highest BCUT2D eigenvalue weighted by atomic mass is 16.5. The van der Waals surface area contributed by atoms with E-state index in [0.717, 1.165) is 31.7 Å². The summed E-state index contributed by atoms with van der Waals surface area (Å²) in [4.78, 5) is 0. The number of hydrogen-bond acceptors (Lipinski definition) is 3. The second-order valence-electron chi connectivity index (χ2n) is 5.62. The summed E-state index contributed by atoms with van der Waals surface area (Å²) in [5.41, 5.74) is 2.89. The number of fused-ring (bicyclic) bond motifs is 1. The second-order valence-corrected chi connectivity index (χ2v) is 5.62. The highest BCUT2D eigenvalue weighted by Gasteiger charge is 2.22. The van der Waals surface area contributed by atoms with Crippen molar-refractivity contribution in [1.82, 2.24) is 5.32 Å².